The summed E-state index contributed by atoms with van der Waals surface area (Å²) in [7, 11) is 0. The Morgan fingerprint density at radius 1 is 1.21 bits per heavy atom. The van der Waals surface area contributed by atoms with Gasteiger partial charge in [0, 0.05) is 16.3 Å². The monoisotopic (exact) mass is 273 g/mol. The van der Waals surface area contributed by atoms with E-state index in [4.69, 9.17) is 17.3 Å². The number of anilines is 2. The van der Waals surface area contributed by atoms with Gasteiger partial charge in [-0.3, -0.25) is 5.43 Å². The Morgan fingerprint density at radius 3 is 2.63 bits per heavy atom. The molecule has 0 aliphatic heterocycles. The van der Waals surface area contributed by atoms with E-state index in [9.17, 15) is 0 Å². The van der Waals surface area contributed by atoms with E-state index in [0.717, 1.165) is 23.4 Å². The molecule has 0 amide bonds. The summed E-state index contributed by atoms with van der Waals surface area (Å²) < 4.78 is 0. The molecule has 3 nitrogen and oxygen atoms in total. The molecule has 0 aliphatic carbocycles. The summed E-state index contributed by atoms with van der Waals surface area (Å²) >= 11 is 6.00. The quantitative estimate of drug-likeness (QED) is 0.499. The van der Waals surface area contributed by atoms with Gasteiger partial charge in [0.15, 0.2) is 0 Å². The highest BCUT2D eigenvalue weighted by molar-refractivity contribution is 6.31. The van der Waals surface area contributed by atoms with E-state index in [1.165, 1.54) is 0 Å². The van der Waals surface area contributed by atoms with Crippen LogP contribution in [0.15, 0.2) is 53.6 Å². The van der Waals surface area contributed by atoms with Gasteiger partial charge in [0.05, 0.1) is 11.4 Å². The predicted octanol–water partition coefficient (Wildman–Crippen LogP) is 4.15. The number of halogens is 1. The summed E-state index contributed by atoms with van der Waals surface area (Å²) in [5.41, 5.74) is 12.4. The van der Waals surface area contributed by atoms with Crippen molar-refractivity contribution in [3.05, 3.63) is 59.1 Å². The lowest BCUT2D eigenvalue weighted by atomic mass is 10.1. The van der Waals surface area contributed by atoms with E-state index < -0.39 is 0 Å². The van der Waals surface area contributed by atoms with Crippen molar-refractivity contribution in [1.29, 1.82) is 0 Å². The summed E-state index contributed by atoms with van der Waals surface area (Å²) in [6.45, 7) is 2.03. The summed E-state index contributed by atoms with van der Waals surface area (Å²) in [5.74, 6) is 0. The van der Waals surface area contributed by atoms with Crippen LogP contribution in [0.4, 0.5) is 11.4 Å². The minimum atomic E-state index is 0.657. The molecule has 0 saturated carbocycles. The first-order chi connectivity index (χ1) is 9.20. The van der Waals surface area contributed by atoms with Gasteiger partial charge in [-0.05, 0) is 36.8 Å². The molecule has 3 N–H and O–H groups in total. The first-order valence-electron chi connectivity index (χ1n) is 6.13. The maximum atomic E-state index is 6.00. The number of nitrogen functional groups attached to an aromatic ring is 1. The van der Waals surface area contributed by atoms with Gasteiger partial charge in [0.2, 0.25) is 0 Å². The average molecular weight is 274 g/mol. The van der Waals surface area contributed by atoms with Crippen molar-refractivity contribution in [2.75, 3.05) is 11.2 Å². The lowest BCUT2D eigenvalue weighted by Crippen LogP contribution is -2.06. The number of hydrogen-bond acceptors (Lipinski definition) is 3. The smallest absolute Gasteiger partial charge is 0.0697 e. The third kappa shape index (κ3) is 3.48. The molecule has 0 heterocycles. The van der Waals surface area contributed by atoms with Gasteiger partial charge < -0.3 is 5.73 Å². The van der Waals surface area contributed by atoms with Crippen LogP contribution in [0.5, 0.6) is 0 Å². The van der Waals surface area contributed by atoms with Crippen LogP contribution in [0, 0.1) is 0 Å². The molecule has 0 radical (unpaired) electrons. The molecule has 0 fully saturated rings. The number of para-hydroxylation sites is 1. The third-order valence-corrected chi connectivity index (χ3v) is 2.99. The first-order valence-corrected chi connectivity index (χ1v) is 6.51. The molecule has 0 bridgehead atoms. The molecule has 0 spiro atoms. The van der Waals surface area contributed by atoms with Gasteiger partial charge >= 0.3 is 0 Å². The van der Waals surface area contributed by atoms with Crippen LogP contribution in [0.1, 0.15) is 18.9 Å². The van der Waals surface area contributed by atoms with Gasteiger partial charge in [-0.25, -0.2) is 0 Å². The Morgan fingerprint density at radius 2 is 1.95 bits per heavy atom. The lowest BCUT2D eigenvalue weighted by Gasteiger charge is -2.09. The predicted molar refractivity (Wildman–Crippen MR) is 82.8 cm³/mol. The number of nitrogens with one attached hydrogen (secondary N) is 1. The molecule has 98 valence electrons. The largest absolute Gasteiger partial charge is 0.398 e. The second-order valence-electron chi connectivity index (χ2n) is 4.12. The molecule has 0 atom stereocenters. The van der Waals surface area contributed by atoms with Crippen LogP contribution in [0.2, 0.25) is 5.02 Å². The zero-order chi connectivity index (χ0) is 13.7. The molecule has 4 heteroatoms. The Hall–Kier alpha value is -2.00. The summed E-state index contributed by atoms with van der Waals surface area (Å²) in [5, 5.41) is 5.07. The summed E-state index contributed by atoms with van der Waals surface area (Å²) in [6, 6.07) is 15.2. The van der Waals surface area contributed by atoms with Crippen LogP contribution in [0.3, 0.4) is 0 Å². The molecule has 0 saturated heterocycles. The number of benzene rings is 2. The van der Waals surface area contributed by atoms with Crippen molar-refractivity contribution in [3.63, 3.8) is 0 Å². The van der Waals surface area contributed by atoms with Crippen molar-refractivity contribution >= 4 is 28.7 Å². The van der Waals surface area contributed by atoms with Gasteiger partial charge in [0.25, 0.3) is 0 Å². The third-order valence-electron chi connectivity index (χ3n) is 2.75. The Bertz CT molecular complexity index is 579. The Kier molecular flexibility index (Phi) is 4.42. The van der Waals surface area contributed by atoms with E-state index in [1.54, 1.807) is 12.1 Å². The number of hydrogen-bond donors (Lipinski definition) is 2. The molecule has 2 rings (SSSR count). The van der Waals surface area contributed by atoms with Crippen molar-refractivity contribution in [2.24, 2.45) is 5.10 Å². The normalized spacial score (nSPS) is 11.4. The van der Waals surface area contributed by atoms with E-state index in [0.29, 0.717) is 10.7 Å². The molecule has 0 aliphatic rings. The minimum absolute atomic E-state index is 0.657. The SMILES string of the molecule is CC/C(=N\Nc1ccccc1)c1cc(Cl)ccc1N. The highest BCUT2D eigenvalue weighted by Gasteiger charge is 2.06. The highest BCUT2D eigenvalue weighted by atomic mass is 35.5. The Balaban J connectivity index is 2.26. The van der Waals surface area contributed by atoms with Crippen molar-refractivity contribution < 1.29 is 0 Å². The van der Waals surface area contributed by atoms with Crippen LogP contribution in [-0.4, -0.2) is 5.71 Å². The molecule has 2 aromatic rings. The zero-order valence-corrected chi connectivity index (χ0v) is 11.5. The van der Waals surface area contributed by atoms with Crippen LogP contribution < -0.4 is 11.2 Å². The van der Waals surface area contributed by atoms with Crippen molar-refractivity contribution in [2.45, 2.75) is 13.3 Å². The van der Waals surface area contributed by atoms with Gasteiger partial charge in [-0.15, -0.1) is 0 Å². The summed E-state index contributed by atoms with van der Waals surface area (Å²) in [4.78, 5) is 0. The zero-order valence-electron chi connectivity index (χ0n) is 10.7. The fraction of sp³-hybridized carbons (Fsp3) is 0.133. The second-order valence-corrected chi connectivity index (χ2v) is 4.56. The maximum absolute atomic E-state index is 6.00. The fourth-order valence-electron chi connectivity index (χ4n) is 1.75. The van der Waals surface area contributed by atoms with E-state index in [2.05, 4.69) is 10.5 Å². The van der Waals surface area contributed by atoms with Gasteiger partial charge in [-0.1, -0.05) is 36.7 Å². The van der Waals surface area contributed by atoms with Crippen molar-refractivity contribution in [1.82, 2.24) is 0 Å². The van der Waals surface area contributed by atoms with E-state index in [1.807, 2.05) is 43.3 Å². The first kappa shape index (κ1) is 13.4. The summed E-state index contributed by atoms with van der Waals surface area (Å²) in [6.07, 6.45) is 0.768. The topological polar surface area (TPSA) is 50.4 Å². The van der Waals surface area contributed by atoms with E-state index in [-0.39, 0.29) is 0 Å². The highest BCUT2D eigenvalue weighted by Crippen LogP contribution is 2.20. The lowest BCUT2D eigenvalue weighted by molar-refractivity contribution is 1.22. The minimum Gasteiger partial charge on any atom is -0.398 e. The van der Waals surface area contributed by atoms with Crippen LogP contribution in [0.25, 0.3) is 0 Å². The van der Waals surface area contributed by atoms with Crippen LogP contribution >= 0.6 is 11.6 Å². The number of nitrogens with zero attached hydrogens (tertiary/aromatic N) is 1. The fourth-order valence-corrected chi connectivity index (χ4v) is 1.92. The Labute approximate surface area is 118 Å². The molecule has 19 heavy (non-hydrogen) atoms. The van der Waals surface area contributed by atoms with Gasteiger partial charge in [-0.2, -0.15) is 5.10 Å². The molecule has 0 unspecified atom stereocenters. The standard InChI is InChI=1S/C15H16ClN3/c1-2-15(13-10-11(16)8-9-14(13)17)19-18-12-6-4-3-5-7-12/h3-10,18H,2,17H2,1H3/b19-15+. The van der Waals surface area contributed by atoms with Crippen LogP contribution in [-0.2, 0) is 0 Å². The molecule has 0 aromatic heterocycles. The molecule has 2 aromatic carbocycles. The number of rotatable bonds is 4. The number of nitrogens with two attached hydrogens (primary N) is 1. The average Bonchev–Trinajstić information content (AvgIpc) is 2.44. The maximum Gasteiger partial charge on any atom is 0.0697 e. The van der Waals surface area contributed by atoms with E-state index >= 15 is 0 Å². The molecular formula is C15H16ClN3. The van der Waals surface area contributed by atoms with Crippen molar-refractivity contribution in [3.8, 4) is 0 Å². The second kappa shape index (κ2) is 6.25. The number of hydrazone groups is 1. The molecular weight excluding hydrogens is 258 g/mol. The van der Waals surface area contributed by atoms with Gasteiger partial charge in [0.1, 0.15) is 0 Å².